The molecule has 0 fully saturated rings. The molecule has 4 atom stereocenters. The number of rotatable bonds is 11. The quantitative estimate of drug-likeness (QED) is 0.374. The summed E-state index contributed by atoms with van der Waals surface area (Å²) in [6.45, 7) is 7.79. The number of aliphatic hydroxyl groups excluding tert-OH is 2. The number of carboxylic acids is 1. The highest BCUT2D eigenvalue weighted by Crippen LogP contribution is 2.13. The number of hydrogen-bond donors (Lipinski definition) is 5. The van der Waals surface area contributed by atoms with Gasteiger partial charge < -0.3 is 26.4 Å². The van der Waals surface area contributed by atoms with Crippen LogP contribution in [0.15, 0.2) is 0 Å². The number of hydrogen-bond acceptors (Lipinski definition) is 5. The van der Waals surface area contributed by atoms with Gasteiger partial charge in [-0.2, -0.15) is 0 Å². The van der Waals surface area contributed by atoms with Crippen LogP contribution < -0.4 is 11.1 Å². The highest BCUT2D eigenvalue weighted by molar-refractivity contribution is 5.77. The van der Waals surface area contributed by atoms with Gasteiger partial charge >= 0.3 is 5.97 Å². The molecule has 0 radical (unpaired) electrons. The highest BCUT2D eigenvalue weighted by Gasteiger charge is 2.26. The molecule has 0 aromatic carbocycles. The van der Waals surface area contributed by atoms with E-state index in [0.717, 1.165) is 0 Å². The maximum absolute atomic E-state index is 12.0. The normalized spacial score (nSPS) is 16.9. The molecule has 0 spiro atoms. The highest BCUT2D eigenvalue weighted by atomic mass is 16.4. The summed E-state index contributed by atoms with van der Waals surface area (Å²) in [4.78, 5) is 22.8. The SMILES string of the molecule is CC(C)C[C@H](NC(=O)C[C@H](O)[C@@H](N)CC(C)C)[C@@H](O)CC(=O)O. The minimum atomic E-state index is -1.17. The van der Waals surface area contributed by atoms with E-state index >= 15 is 0 Å². The Kier molecular flexibility index (Phi) is 10.0. The second-order valence-corrected chi connectivity index (χ2v) is 7.03. The summed E-state index contributed by atoms with van der Waals surface area (Å²) in [6, 6.07) is -1.15. The minimum absolute atomic E-state index is 0.164. The third-order valence-corrected chi connectivity index (χ3v) is 3.55. The lowest BCUT2D eigenvalue weighted by molar-refractivity contribution is -0.140. The molecule has 0 saturated carbocycles. The van der Waals surface area contributed by atoms with Crippen LogP contribution in [-0.4, -0.2) is 51.5 Å². The first-order chi connectivity index (χ1) is 10.5. The number of aliphatic carboxylic acids is 1. The Morgan fingerprint density at radius 1 is 0.957 bits per heavy atom. The van der Waals surface area contributed by atoms with Gasteiger partial charge in [0.25, 0.3) is 0 Å². The summed E-state index contributed by atoms with van der Waals surface area (Å²) >= 11 is 0. The zero-order chi connectivity index (χ0) is 18.2. The maximum Gasteiger partial charge on any atom is 0.306 e. The van der Waals surface area contributed by atoms with Crippen LogP contribution >= 0.6 is 0 Å². The van der Waals surface area contributed by atoms with Crippen LogP contribution in [0.25, 0.3) is 0 Å². The first kappa shape index (κ1) is 21.8. The van der Waals surface area contributed by atoms with E-state index in [-0.39, 0.29) is 12.3 Å². The van der Waals surface area contributed by atoms with Crippen molar-refractivity contribution >= 4 is 11.9 Å². The molecular weight excluding hydrogens is 300 g/mol. The smallest absolute Gasteiger partial charge is 0.306 e. The summed E-state index contributed by atoms with van der Waals surface area (Å²) in [5.74, 6) is -1.07. The van der Waals surface area contributed by atoms with E-state index in [1.54, 1.807) is 0 Å². The monoisotopic (exact) mass is 332 g/mol. The van der Waals surface area contributed by atoms with Gasteiger partial charge in [-0.05, 0) is 24.7 Å². The Morgan fingerprint density at radius 3 is 1.91 bits per heavy atom. The molecule has 7 nitrogen and oxygen atoms in total. The average Bonchev–Trinajstić information content (AvgIpc) is 2.35. The lowest BCUT2D eigenvalue weighted by Gasteiger charge is -2.26. The lowest BCUT2D eigenvalue weighted by atomic mass is 9.95. The molecule has 0 aliphatic carbocycles. The predicted octanol–water partition coefficient (Wildman–Crippen LogP) is 0.477. The molecule has 0 bridgehead atoms. The Morgan fingerprint density at radius 2 is 1.48 bits per heavy atom. The predicted molar refractivity (Wildman–Crippen MR) is 87.7 cm³/mol. The number of nitrogens with two attached hydrogens (primary N) is 1. The summed E-state index contributed by atoms with van der Waals surface area (Å²) in [5.41, 5.74) is 5.85. The van der Waals surface area contributed by atoms with Crippen molar-refractivity contribution in [2.45, 2.75) is 77.7 Å². The molecule has 0 heterocycles. The van der Waals surface area contributed by atoms with Crippen LogP contribution in [0.5, 0.6) is 0 Å². The van der Waals surface area contributed by atoms with Gasteiger partial charge in [0.05, 0.1) is 31.1 Å². The molecule has 0 rings (SSSR count). The van der Waals surface area contributed by atoms with Crippen LogP contribution in [0.2, 0.25) is 0 Å². The summed E-state index contributed by atoms with van der Waals surface area (Å²) in [7, 11) is 0. The van der Waals surface area contributed by atoms with Gasteiger partial charge in [0.15, 0.2) is 0 Å². The first-order valence-electron chi connectivity index (χ1n) is 8.15. The molecule has 0 aromatic rings. The van der Waals surface area contributed by atoms with Crippen molar-refractivity contribution in [3.63, 3.8) is 0 Å². The van der Waals surface area contributed by atoms with Crippen molar-refractivity contribution in [2.24, 2.45) is 17.6 Å². The van der Waals surface area contributed by atoms with Gasteiger partial charge in [0.1, 0.15) is 0 Å². The second-order valence-electron chi connectivity index (χ2n) is 7.03. The zero-order valence-corrected chi connectivity index (χ0v) is 14.5. The fraction of sp³-hybridized carbons (Fsp3) is 0.875. The van der Waals surface area contributed by atoms with Gasteiger partial charge in [0.2, 0.25) is 5.91 Å². The zero-order valence-electron chi connectivity index (χ0n) is 14.5. The van der Waals surface area contributed by atoms with Crippen LogP contribution in [0, 0.1) is 11.8 Å². The minimum Gasteiger partial charge on any atom is -0.481 e. The lowest BCUT2D eigenvalue weighted by Crippen LogP contribution is -2.47. The number of nitrogens with one attached hydrogen (secondary N) is 1. The Balaban J connectivity index is 4.60. The fourth-order valence-electron chi connectivity index (χ4n) is 2.45. The topological polar surface area (TPSA) is 133 Å². The number of aliphatic hydroxyl groups is 2. The van der Waals surface area contributed by atoms with E-state index in [1.807, 2.05) is 27.7 Å². The first-order valence-corrected chi connectivity index (χ1v) is 8.15. The molecule has 7 heteroatoms. The van der Waals surface area contributed by atoms with Gasteiger partial charge in [-0.25, -0.2) is 0 Å². The van der Waals surface area contributed by atoms with Crippen molar-refractivity contribution in [1.82, 2.24) is 5.32 Å². The molecule has 0 saturated heterocycles. The van der Waals surface area contributed by atoms with E-state index in [9.17, 15) is 19.8 Å². The molecule has 1 amide bonds. The maximum atomic E-state index is 12.0. The van der Waals surface area contributed by atoms with Crippen LogP contribution in [-0.2, 0) is 9.59 Å². The summed E-state index contributed by atoms with van der Waals surface area (Å²) in [6.07, 6.45) is -1.68. The van der Waals surface area contributed by atoms with Gasteiger partial charge in [-0.1, -0.05) is 27.7 Å². The summed E-state index contributed by atoms with van der Waals surface area (Å²) < 4.78 is 0. The Bertz CT molecular complexity index is 373. The standard InChI is InChI=1S/C16H32N2O5/c1-9(2)5-11(17)13(19)7-15(21)18-12(6-10(3)4)14(20)8-16(22)23/h9-14,19-20H,5-8,17H2,1-4H3,(H,18,21)(H,22,23)/t11-,12-,13-,14-/m0/s1. The molecule has 0 aliphatic heterocycles. The van der Waals surface area contributed by atoms with E-state index < -0.39 is 42.6 Å². The Hall–Kier alpha value is -1.18. The molecule has 0 unspecified atom stereocenters. The molecule has 136 valence electrons. The molecule has 0 aromatic heterocycles. The number of carbonyl (C=O) groups is 2. The third kappa shape index (κ3) is 10.3. The van der Waals surface area contributed by atoms with Crippen molar-refractivity contribution in [3.8, 4) is 0 Å². The van der Waals surface area contributed by atoms with Crippen LogP contribution in [0.4, 0.5) is 0 Å². The van der Waals surface area contributed by atoms with Crippen molar-refractivity contribution < 1.29 is 24.9 Å². The number of carbonyl (C=O) groups excluding carboxylic acids is 1. The van der Waals surface area contributed by atoms with Crippen molar-refractivity contribution in [2.75, 3.05) is 0 Å². The molecule has 0 aliphatic rings. The van der Waals surface area contributed by atoms with E-state index in [4.69, 9.17) is 10.8 Å². The van der Waals surface area contributed by atoms with E-state index in [0.29, 0.717) is 18.8 Å². The molecule has 6 N–H and O–H groups in total. The second kappa shape index (κ2) is 10.6. The van der Waals surface area contributed by atoms with Gasteiger partial charge in [-0.3, -0.25) is 9.59 Å². The average molecular weight is 332 g/mol. The number of carboxylic acid groups (broad SMARTS) is 1. The molecule has 23 heavy (non-hydrogen) atoms. The van der Waals surface area contributed by atoms with Crippen molar-refractivity contribution in [1.29, 1.82) is 0 Å². The fourth-order valence-corrected chi connectivity index (χ4v) is 2.45. The Labute approximate surface area is 138 Å². The van der Waals surface area contributed by atoms with E-state index in [1.165, 1.54) is 0 Å². The molecular formula is C16H32N2O5. The third-order valence-electron chi connectivity index (χ3n) is 3.55. The van der Waals surface area contributed by atoms with Gasteiger partial charge in [0, 0.05) is 6.04 Å². The van der Waals surface area contributed by atoms with Gasteiger partial charge in [-0.15, -0.1) is 0 Å². The van der Waals surface area contributed by atoms with Crippen molar-refractivity contribution in [3.05, 3.63) is 0 Å². The summed E-state index contributed by atoms with van der Waals surface area (Å²) in [5, 5.41) is 31.3. The van der Waals surface area contributed by atoms with Crippen LogP contribution in [0.1, 0.15) is 53.4 Å². The van der Waals surface area contributed by atoms with Crippen LogP contribution in [0.3, 0.4) is 0 Å². The van der Waals surface area contributed by atoms with E-state index in [2.05, 4.69) is 5.32 Å². The number of amides is 1. The largest absolute Gasteiger partial charge is 0.481 e.